The predicted molar refractivity (Wildman–Crippen MR) is 81.7 cm³/mol. The molecule has 2 aromatic carbocycles. The molecule has 1 aliphatic rings. The molecule has 0 unspecified atom stereocenters. The molecule has 3 rings (SSSR count). The quantitative estimate of drug-likeness (QED) is 0.938. The van der Waals surface area contributed by atoms with Crippen molar-refractivity contribution in [3.63, 3.8) is 0 Å². The molecule has 0 saturated heterocycles. The van der Waals surface area contributed by atoms with Crippen molar-refractivity contribution in [2.24, 2.45) is 0 Å². The monoisotopic (exact) mass is 291 g/mol. The van der Waals surface area contributed by atoms with E-state index in [1.54, 1.807) is 0 Å². The van der Waals surface area contributed by atoms with E-state index in [0.29, 0.717) is 13.2 Å². The fourth-order valence-corrected chi connectivity index (χ4v) is 2.14. The van der Waals surface area contributed by atoms with Gasteiger partial charge in [0, 0.05) is 13.1 Å². The van der Waals surface area contributed by atoms with E-state index in [0.717, 1.165) is 24.6 Å². The van der Waals surface area contributed by atoms with Crippen molar-refractivity contribution >= 4 is 12.4 Å². The minimum absolute atomic E-state index is 0. The summed E-state index contributed by atoms with van der Waals surface area (Å²) in [6, 6.07) is 16.5. The molecule has 0 spiro atoms. The van der Waals surface area contributed by atoms with Gasteiger partial charge >= 0.3 is 0 Å². The van der Waals surface area contributed by atoms with Crippen LogP contribution in [0.5, 0.6) is 11.5 Å². The van der Waals surface area contributed by atoms with Crippen molar-refractivity contribution in [1.29, 1.82) is 0 Å². The van der Waals surface area contributed by atoms with Crippen molar-refractivity contribution in [3.05, 3.63) is 59.7 Å². The van der Waals surface area contributed by atoms with Crippen LogP contribution in [0, 0.1) is 0 Å². The van der Waals surface area contributed by atoms with Crippen LogP contribution in [-0.4, -0.2) is 13.2 Å². The lowest BCUT2D eigenvalue weighted by Gasteiger charge is -2.19. The first kappa shape index (κ1) is 14.7. The average molecular weight is 292 g/mol. The summed E-state index contributed by atoms with van der Waals surface area (Å²) in [6.07, 6.45) is 0. The van der Waals surface area contributed by atoms with E-state index >= 15 is 0 Å². The fourth-order valence-electron chi connectivity index (χ4n) is 2.14. The van der Waals surface area contributed by atoms with Gasteiger partial charge in [-0.1, -0.05) is 36.4 Å². The lowest BCUT2D eigenvalue weighted by atomic mass is 10.2. The molecule has 20 heavy (non-hydrogen) atoms. The number of nitrogens with one attached hydrogen (secondary N) is 1. The fraction of sp³-hybridized carbons (Fsp3) is 0.250. The zero-order valence-corrected chi connectivity index (χ0v) is 12.0. The molecule has 0 amide bonds. The van der Waals surface area contributed by atoms with Crippen LogP contribution < -0.4 is 14.8 Å². The van der Waals surface area contributed by atoms with Crippen LogP contribution >= 0.6 is 12.4 Å². The van der Waals surface area contributed by atoms with Gasteiger partial charge in [-0.15, -0.1) is 12.4 Å². The minimum atomic E-state index is 0. The average Bonchev–Trinajstić information content (AvgIpc) is 2.48. The minimum Gasteiger partial charge on any atom is -0.486 e. The van der Waals surface area contributed by atoms with E-state index in [2.05, 4.69) is 35.6 Å². The van der Waals surface area contributed by atoms with Gasteiger partial charge in [0.2, 0.25) is 0 Å². The van der Waals surface area contributed by atoms with Crippen LogP contribution in [0.15, 0.2) is 48.5 Å². The Labute approximate surface area is 125 Å². The van der Waals surface area contributed by atoms with Crippen LogP contribution in [0.25, 0.3) is 0 Å². The first-order chi connectivity index (χ1) is 9.42. The number of hydrogen-bond acceptors (Lipinski definition) is 3. The van der Waals surface area contributed by atoms with Gasteiger partial charge < -0.3 is 14.8 Å². The molecule has 106 valence electrons. The molecule has 1 heterocycles. The molecule has 2 aromatic rings. The number of benzene rings is 2. The van der Waals surface area contributed by atoms with Gasteiger partial charge in [-0.3, -0.25) is 0 Å². The Morgan fingerprint density at radius 3 is 2.30 bits per heavy atom. The third-order valence-corrected chi connectivity index (χ3v) is 3.11. The molecule has 0 saturated carbocycles. The summed E-state index contributed by atoms with van der Waals surface area (Å²) >= 11 is 0. The molecular weight excluding hydrogens is 274 g/mol. The molecule has 0 atom stereocenters. The Hall–Kier alpha value is -1.71. The molecule has 0 aliphatic carbocycles. The maximum Gasteiger partial charge on any atom is 0.161 e. The normalized spacial score (nSPS) is 12.6. The van der Waals surface area contributed by atoms with Gasteiger partial charge in [0.1, 0.15) is 13.2 Å². The summed E-state index contributed by atoms with van der Waals surface area (Å²) in [6.45, 7) is 2.97. The molecular formula is C16H18ClNO2. The first-order valence-corrected chi connectivity index (χ1v) is 6.55. The molecule has 1 N–H and O–H groups in total. The summed E-state index contributed by atoms with van der Waals surface area (Å²) in [5.74, 6) is 1.70. The lowest BCUT2D eigenvalue weighted by Crippen LogP contribution is -2.16. The van der Waals surface area contributed by atoms with Crippen LogP contribution in [0.2, 0.25) is 0 Å². The third kappa shape index (κ3) is 3.65. The second-order valence-electron chi connectivity index (χ2n) is 4.57. The number of halogens is 1. The van der Waals surface area contributed by atoms with Crippen molar-refractivity contribution in [3.8, 4) is 11.5 Å². The standard InChI is InChI=1S/C16H17NO2.ClH/c1-2-4-13(5-3-1)11-17-12-14-6-7-15-16(10-14)19-9-8-18-15;/h1-7,10,17H,8-9,11-12H2;1H. The molecule has 3 nitrogen and oxygen atoms in total. The Morgan fingerprint density at radius 1 is 0.800 bits per heavy atom. The molecule has 4 heteroatoms. The van der Waals surface area contributed by atoms with Gasteiger partial charge in [-0.05, 0) is 23.3 Å². The summed E-state index contributed by atoms with van der Waals surface area (Å²) in [7, 11) is 0. The Morgan fingerprint density at radius 2 is 1.50 bits per heavy atom. The highest BCUT2D eigenvalue weighted by Crippen LogP contribution is 2.30. The van der Waals surface area contributed by atoms with E-state index in [4.69, 9.17) is 9.47 Å². The number of ether oxygens (including phenoxy) is 2. The topological polar surface area (TPSA) is 30.5 Å². The van der Waals surface area contributed by atoms with E-state index in [1.807, 2.05) is 18.2 Å². The number of hydrogen-bond donors (Lipinski definition) is 1. The highest BCUT2D eigenvalue weighted by molar-refractivity contribution is 5.85. The first-order valence-electron chi connectivity index (χ1n) is 6.55. The van der Waals surface area contributed by atoms with Crippen LogP contribution in [0.3, 0.4) is 0 Å². The Kier molecular flexibility index (Phi) is 5.27. The smallest absolute Gasteiger partial charge is 0.161 e. The lowest BCUT2D eigenvalue weighted by molar-refractivity contribution is 0.171. The van der Waals surface area contributed by atoms with Crippen molar-refractivity contribution in [2.75, 3.05) is 13.2 Å². The van der Waals surface area contributed by atoms with Gasteiger partial charge in [0.25, 0.3) is 0 Å². The Balaban J connectivity index is 0.00000147. The van der Waals surface area contributed by atoms with Crippen LogP contribution in [0.4, 0.5) is 0 Å². The molecule has 0 fully saturated rings. The number of rotatable bonds is 4. The predicted octanol–water partition coefficient (Wildman–Crippen LogP) is 3.17. The van der Waals surface area contributed by atoms with Crippen molar-refractivity contribution < 1.29 is 9.47 Å². The largest absolute Gasteiger partial charge is 0.486 e. The van der Waals surface area contributed by atoms with E-state index < -0.39 is 0 Å². The van der Waals surface area contributed by atoms with E-state index in [1.165, 1.54) is 11.1 Å². The van der Waals surface area contributed by atoms with Crippen molar-refractivity contribution in [1.82, 2.24) is 5.32 Å². The summed E-state index contributed by atoms with van der Waals surface area (Å²) < 4.78 is 11.1. The maximum absolute atomic E-state index is 5.58. The maximum atomic E-state index is 5.58. The molecule has 0 radical (unpaired) electrons. The molecule has 0 aromatic heterocycles. The highest BCUT2D eigenvalue weighted by Gasteiger charge is 2.11. The van der Waals surface area contributed by atoms with Crippen LogP contribution in [-0.2, 0) is 13.1 Å². The molecule has 0 bridgehead atoms. The second kappa shape index (κ2) is 7.17. The van der Waals surface area contributed by atoms with E-state index in [9.17, 15) is 0 Å². The second-order valence-corrected chi connectivity index (χ2v) is 4.57. The highest BCUT2D eigenvalue weighted by atomic mass is 35.5. The van der Waals surface area contributed by atoms with Crippen molar-refractivity contribution in [2.45, 2.75) is 13.1 Å². The summed E-state index contributed by atoms with van der Waals surface area (Å²) in [4.78, 5) is 0. The zero-order valence-electron chi connectivity index (χ0n) is 11.2. The zero-order chi connectivity index (χ0) is 12.9. The number of fused-ring (bicyclic) bond motifs is 1. The summed E-state index contributed by atoms with van der Waals surface area (Å²) in [5.41, 5.74) is 2.50. The van der Waals surface area contributed by atoms with Gasteiger partial charge in [-0.25, -0.2) is 0 Å². The van der Waals surface area contributed by atoms with Crippen LogP contribution in [0.1, 0.15) is 11.1 Å². The third-order valence-electron chi connectivity index (χ3n) is 3.11. The Bertz CT molecular complexity index is 545. The van der Waals surface area contributed by atoms with E-state index in [-0.39, 0.29) is 12.4 Å². The van der Waals surface area contributed by atoms with Gasteiger partial charge in [0.05, 0.1) is 0 Å². The van der Waals surface area contributed by atoms with Gasteiger partial charge in [-0.2, -0.15) is 0 Å². The summed E-state index contributed by atoms with van der Waals surface area (Å²) in [5, 5.41) is 3.43. The SMILES string of the molecule is Cl.c1ccc(CNCc2ccc3c(c2)OCCO3)cc1. The molecule has 1 aliphatic heterocycles. The van der Waals surface area contributed by atoms with Gasteiger partial charge in [0.15, 0.2) is 11.5 Å².